The van der Waals surface area contributed by atoms with Crippen LogP contribution in [0.1, 0.15) is 26.3 Å². The number of rotatable bonds is 5. The first kappa shape index (κ1) is 19.2. The fourth-order valence-corrected chi connectivity index (χ4v) is 2.77. The highest BCUT2D eigenvalue weighted by atomic mass is 19.1. The Morgan fingerprint density at radius 3 is 2.68 bits per heavy atom. The van der Waals surface area contributed by atoms with Crippen molar-refractivity contribution in [3.05, 3.63) is 83.4 Å². The predicted octanol–water partition coefficient (Wildman–Crippen LogP) is 3.39. The number of carbonyl (C=O) groups excluding carboxylic acids is 2. The van der Waals surface area contributed by atoms with E-state index in [4.69, 9.17) is 10.5 Å². The molecule has 0 bridgehead atoms. The Balaban J connectivity index is 1.98. The van der Waals surface area contributed by atoms with Gasteiger partial charge >= 0.3 is 5.97 Å². The molecular formula is C21H18FN3O3. The van der Waals surface area contributed by atoms with E-state index in [1.54, 1.807) is 36.4 Å². The molecule has 3 N–H and O–H groups in total. The Labute approximate surface area is 161 Å². The molecule has 0 aliphatic carbocycles. The molecule has 0 fully saturated rings. The Morgan fingerprint density at radius 2 is 1.96 bits per heavy atom. The number of benzene rings is 2. The standard InChI is InChI=1S/C21H18FN3O3/c1-28-21(27)15-4-2-3-13(9-15)17-10-14(5-6-16(17)11-23)20(26)25-19-7-8-24-12-18(19)22/h2-10,12H,11,23H2,1H3,(H,24,25,26). The summed E-state index contributed by atoms with van der Waals surface area (Å²) in [4.78, 5) is 28.0. The molecule has 3 aromatic rings. The van der Waals surface area contributed by atoms with Crippen molar-refractivity contribution in [2.75, 3.05) is 12.4 Å². The van der Waals surface area contributed by atoms with Crippen molar-refractivity contribution in [2.24, 2.45) is 5.73 Å². The van der Waals surface area contributed by atoms with Crippen LogP contribution in [0.2, 0.25) is 0 Å². The average molecular weight is 379 g/mol. The van der Waals surface area contributed by atoms with Gasteiger partial charge in [-0.1, -0.05) is 18.2 Å². The number of hydrogen-bond donors (Lipinski definition) is 2. The van der Waals surface area contributed by atoms with Gasteiger partial charge in [0.25, 0.3) is 5.91 Å². The van der Waals surface area contributed by atoms with Crippen molar-refractivity contribution in [3.63, 3.8) is 0 Å². The number of nitrogens with zero attached hydrogens (tertiary/aromatic N) is 1. The number of methoxy groups -OCH3 is 1. The summed E-state index contributed by atoms with van der Waals surface area (Å²) in [6.45, 7) is 0.249. The molecule has 0 aliphatic heterocycles. The van der Waals surface area contributed by atoms with E-state index in [1.165, 1.54) is 19.4 Å². The third-order valence-electron chi connectivity index (χ3n) is 4.21. The zero-order chi connectivity index (χ0) is 20.1. The predicted molar refractivity (Wildman–Crippen MR) is 103 cm³/mol. The topological polar surface area (TPSA) is 94.3 Å². The Morgan fingerprint density at radius 1 is 1.14 bits per heavy atom. The van der Waals surface area contributed by atoms with Crippen LogP contribution in [0.25, 0.3) is 11.1 Å². The molecule has 0 atom stereocenters. The van der Waals surface area contributed by atoms with Gasteiger partial charge in [-0.15, -0.1) is 0 Å². The van der Waals surface area contributed by atoms with E-state index in [0.29, 0.717) is 22.3 Å². The van der Waals surface area contributed by atoms with Gasteiger partial charge in [-0.3, -0.25) is 9.78 Å². The fourth-order valence-electron chi connectivity index (χ4n) is 2.77. The second-order valence-corrected chi connectivity index (χ2v) is 5.96. The van der Waals surface area contributed by atoms with Gasteiger partial charge < -0.3 is 15.8 Å². The maximum Gasteiger partial charge on any atom is 0.337 e. The summed E-state index contributed by atoms with van der Waals surface area (Å²) in [6.07, 6.45) is 2.41. The van der Waals surface area contributed by atoms with Crippen LogP contribution in [-0.4, -0.2) is 24.0 Å². The number of nitrogens with two attached hydrogens (primary N) is 1. The summed E-state index contributed by atoms with van der Waals surface area (Å²) in [5.74, 6) is -1.56. The molecule has 6 nitrogen and oxygen atoms in total. The lowest BCUT2D eigenvalue weighted by atomic mass is 9.95. The van der Waals surface area contributed by atoms with Crippen LogP contribution >= 0.6 is 0 Å². The molecule has 1 amide bonds. The van der Waals surface area contributed by atoms with Gasteiger partial charge in [-0.25, -0.2) is 9.18 Å². The molecule has 28 heavy (non-hydrogen) atoms. The van der Waals surface area contributed by atoms with Crippen LogP contribution < -0.4 is 11.1 Å². The molecule has 0 aliphatic rings. The second-order valence-electron chi connectivity index (χ2n) is 5.96. The van der Waals surface area contributed by atoms with Gasteiger partial charge in [-0.05, 0) is 47.0 Å². The third-order valence-corrected chi connectivity index (χ3v) is 4.21. The minimum absolute atomic E-state index is 0.0390. The van der Waals surface area contributed by atoms with Crippen LogP contribution in [0.4, 0.5) is 10.1 Å². The zero-order valence-electron chi connectivity index (χ0n) is 15.1. The van der Waals surface area contributed by atoms with Gasteiger partial charge in [0.1, 0.15) is 0 Å². The molecule has 1 aromatic heterocycles. The van der Waals surface area contributed by atoms with E-state index in [2.05, 4.69) is 10.3 Å². The Hall–Kier alpha value is -3.58. The maximum absolute atomic E-state index is 13.7. The summed E-state index contributed by atoms with van der Waals surface area (Å²) >= 11 is 0. The first-order chi connectivity index (χ1) is 13.5. The monoisotopic (exact) mass is 379 g/mol. The van der Waals surface area contributed by atoms with E-state index >= 15 is 0 Å². The van der Waals surface area contributed by atoms with Crippen molar-refractivity contribution < 1.29 is 18.7 Å². The van der Waals surface area contributed by atoms with Crippen molar-refractivity contribution in [3.8, 4) is 11.1 Å². The van der Waals surface area contributed by atoms with Crippen molar-refractivity contribution in [2.45, 2.75) is 6.54 Å². The first-order valence-corrected chi connectivity index (χ1v) is 8.46. The SMILES string of the molecule is COC(=O)c1cccc(-c2cc(C(=O)Nc3ccncc3F)ccc2CN)c1. The first-order valence-electron chi connectivity index (χ1n) is 8.46. The second kappa shape index (κ2) is 8.41. The number of aromatic nitrogens is 1. The highest BCUT2D eigenvalue weighted by Gasteiger charge is 2.14. The molecule has 3 rings (SSSR count). The van der Waals surface area contributed by atoms with Gasteiger partial charge in [0.05, 0.1) is 24.6 Å². The summed E-state index contributed by atoms with van der Waals surface area (Å²) in [5.41, 5.74) is 8.80. The van der Waals surface area contributed by atoms with Gasteiger partial charge in [0.2, 0.25) is 0 Å². The molecule has 0 unspecified atom stereocenters. The van der Waals surface area contributed by atoms with Crippen LogP contribution in [0, 0.1) is 5.82 Å². The molecule has 7 heteroatoms. The maximum atomic E-state index is 13.7. The molecule has 0 radical (unpaired) electrons. The largest absolute Gasteiger partial charge is 0.465 e. The van der Waals surface area contributed by atoms with Gasteiger partial charge in [0, 0.05) is 18.3 Å². The lowest BCUT2D eigenvalue weighted by Gasteiger charge is -2.12. The lowest BCUT2D eigenvalue weighted by molar-refractivity contribution is 0.0600. The number of esters is 1. The van der Waals surface area contributed by atoms with Crippen LogP contribution in [0.3, 0.4) is 0 Å². The van der Waals surface area contributed by atoms with Gasteiger partial charge in [-0.2, -0.15) is 0 Å². The number of hydrogen-bond acceptors (Lipinski definition) is 5. The summed E-state index contributed by atoms with van der Waals surface area (Å²) in [5, 5.41) is 2.52. The molecule has 0 spiro atoms. The molecule has 2 aromatic carbocycles. The van der Waals surface area contributed by atoms with Crippen molar-refractivity contribution >= 4 is 17.6 Å². The number of pyridine rings is 1. The van der Waals surface area contributed by atoms with Crippen LogP contribution in [-0.2, 0) is 11.3 Å². The minimum Gasteiger partial charge on any atom is -0.465 e. The van der Waals surface area contributed by atoms with E-state index in [0.717, 1.165) is 11.8 Å². The van der Waals surface area contributed by atoms with E-state index in [1.807, 2.05) is 6.07 Å². The number of carbonyl (C=O) groups is 2. The number of nitrogens with one attached hydrogen (secondary N) is 1. The summed E-state index contributed by atoms with van der Waals surface area (Å²) in [6, 6.07) is 13.2. The molecule has 142 valence electrons. The highest BCUT2D eigenvalue weighted by molar-refractivity contribution is 6.05. The normalized spacial score (nSPS) is 10.4. The van der Waals surface area contributed by atoms with E-state index in [-0.39, 0.29) is 12.2 Å². The van der Waals surface area contributed by atoms with E-state index < -0.39 is 17.7 Å². The highest BCUT2D eigenvalue weighted by Crippen LogP contribution is 2.27. The molecule has 0 saturated heterocycles. The molecule has 0 saturated carbocycles. The Bertz CT molecular complexity index is 1040. The fraction of sp³-hybridized carbons (Fsp3) is 0.0952. The average Bonchev–Trinajstić information content (AvgIpc) is 2.74. The van der Waals surface area contributed by atoms with Gasteiger partial charge in [0.15, 0.2) is 5.82 Å². The summed E-state index contributed by atoms with van der Waals surface area (Å²) in [7, 11) is 1.31. The number of anilines is 1. The zero-order valence-corrected chi connectivity index (χ0v) is 15.1. The lowest BCUT2D eigenvalue weighted by Crippen LogP contribution is -2.14. The molecule has 1 heterocycles. The Kier molecular flexibility index (Phi) is 5.76. The number of ether oxygens (including phenoxy) is 1. The van der Waals surface area contributed by atoms with Crippen LogP contribution in [0.15, 0.2) is 60.9 Å². The minimum atomic E-state index is -0.625. The summed E-state index contributed by atoms with van der Waals surface area (Å²) < 4.78 is 18.5. The quantitative estimate of drug-likeness (QED) is 0.663. The number of halogens is 1. The van der Waals surface area contributed by atoms with E-state index in [9.17, 15) is 14.0 Å². The van der Waals surface area contributed by atoms with Crippen molar-refractivity contribution in [1.82, 2.24) is 4.98 Å². The number of amides is 1. The smallest absolute Gasteiger partial charge is 0.337 e. The van der Waals surface area contributed by atoms with Crippen molar-refractivity contribution in [1.29, 1.82) is 0 Å². The third kappa shape index (κ3) is 4.05. The molecular weight excluding hydrogens is 361 g/mol. The van der Waals surface area contributed by atoms with Crippen LogP contribution in [0.5, 0.6) is 0 Å².